The van der Waals surface area contributed by atoms with E-state index < -0.39 is 6.17 Å². The summed E-state index contributed by atoms with van der Waals surface area (Å²) >= 11 is 0. The van der Waals surface area contributed by atoms with Crippen molar-refractivity contribution in [2.45, 2.75) is 44.3 Å². The van der Waals surface area contributed by atoms with Crippen molar-refractivity contribution in [2.24, 2.45) is 0 Å². The summed E-state index contributed by atoms with van der Waals surface area (Å²) in [6.07, 6.45) is 4.10. The van der Waals surface area contributed by atoms with Crippen LogP contribution >= 0.6 is 0 Å². The number of hydrogen-bond acceptors (Lipinski definition) is 1. The van der Waals surface area contributed by atoms with Gasteiger partial charge < -0.3 is 0 Å². The number of likely N-dealkylation sites (tertiary alicyclic amines) is 1. The van der Waals surface area contributed by atoms with Gasteiger partial charge in [0.15, 0.2) is 0 Å². The molecule has 1 atom stereocenters. The Hall–Kier alpha value is -0.110. The minimum Gasteiger partial charge on any atom is -0.295 e. The molecule has 0 unspecified atom stereocenters. The first-order chi connectivity index (χ1) is 5.21. The van der Waals surface area contributed by atoms with Gasteiger partial charge in [-0.2, -0.15) is 0 Å². The molecule has 2 aliphatic rings. The Labute approximate surface area is 67.6 Å². The van der Waals surface area contributed by atoms with Crippen molar-refractivity contribution in [3.8, 4) is 0 Å². The highest BCUT2D eigenvalue weighted by molar-refractivity contribution is 4.97. The summed E-state index contributed by atoms with van der Waals surface area (Å²) in [5.74, 6) is 0. The Kier molecular flexibility index (Phi) is 1.67. The predicted octanol–water partition coefficient (Wildman–Crippen LogP) is 1.97. The van der Waals surface area contributed by atoms with Crippen LogP contribution in [0.5, 0.6) is 0 Å². The van der Waals surface area contributed by atoms with E-state index in [9.17, 15) is 4.39 Å². The normalized spacial score (nSPS) is 37.1. The molecule has 1 aliphatic heterocycles. The standard InChI is InChI=1S/C9H16FN/c1-9(4-2-5-9)11-6-3-8(10)7-11/h8H,2-7H2,1H3/t8-/m1/s1. The van der Waals surface area contributed by atoms with Crippen molar-refractivity contribution in [1.29, 1.82) is 0 Å². The molecule has 0 spiro atoms. The maximum atomic E-state index is 12.8. The third-order valence-corrected chi connectivity index (χ3v) is 3.32. The van der Waals surface area contributed by atoms with Crippen molar-refractivity contribution >= 4 is 0 Å². The zero-order chi connectivity index (χ0) is 7.90. The molecule has 2 fully saturated rings. The monoisotopic (exact) mass is 157 g/mol. The van der Waals surface area contributed by atoms with Crippen LogP contribution in [0.15, 0.2) is 0 Å². The second kappa shape index (κ2) is 2.44. The molecule has 2 rings (SSSR count). The van der Waals surface area contributed by atoms with E-state index in [4.69, 9.17) is 0 Å². The van der Waals surface area contributed by atoms with E-state index in [1.54, 1.807) is 0 Å². The Bertz CT molecular complexity index is 154. The molecule has 11 heavy (non-hydrogen) atoms. The zero-order valence-corrected chi connectivity index (χ0v) is 7.15. The van der Waals surface area contributed by atoms with Gasteiger partial charge in [-0.15, -0.1) is 0 Å². The smallest absolute Gasteiger partial charge is 0.114 e. The van der Waals surface area contributed by atoms with Crippen LogP contribution in [0.2, 0.25) is 0 Å². The molecule has 2 heteroatoms. The first-order valence-corrected chi connectivity index (χ1v) is 4.60. The third-order valence-electron chi connectivity index (χ3n) is 3.32. The van der Waals surface area contributed by atoms with Gasteiger partial charge in [0.05, 0.1) is 0 Å². The van der Waals surface area contributed by atoms with E-state index >= 15 is 0 Å². The van der Waals surface area contributed by atoms with Crippen LogP contribution in [0.3, 0.4) is 0 Å². The maximum absolute atomic E-state index is 12.8. The molecular formula is C9H16FN. The fraction of sp³-hybridized carbons (Fsp3) is 1.00. The second-order valence-electron chi connectivity index (χ2n) is 4.18. The molecule has 0 N–H and O–H groups in total. The van der Waals surface area contributed by atoms with E-state index in [0.29, 0.717) is 12.1 Å². The Morgan fingerprint density at radius 3 is 2.55 bits per heavy atom. The van der Waals surface area contributed by atoms with Crippen LogP contribution in [-0.2, 0) is 0 Å². The lowest BCUT2D eigenvalue weighted by molar-refractivity contribution is 0.0488. The van der Waals surface area contributed by atoms with Gasteiger partial charge in [0, 0.05) is 18.6 Å². The van der Waals surface area contributed by atoms with Crippen molar-refractivity contribution in [2.75, 3.05) is 13.1 Å². The first-order valence-electron chi connectivity index (χ1n) is 4.60. The average molecular weight is 157 g/mol. The van der Waals surface area contributed by atoms with Crippen LogP contribution in [0.4, 0.5) is 4.39 Å². The highest BCUT2D eigenvalue weighted by atomic mass is 19.1. The SMILES string of the molecule is CC1(N2CC[C@@H](F)C2)CCC1. The summed E-state index contributed by atoms with van der Waals surface area (Å²) in [5, 5.41) is 0. The second-order valence-corrected chi connectivity index (χ2v) is 4.18. The highest BCUT2D eigenvalue weighted by Crippen LogP contribution is 2.39. The topological polar surface area (TPSA) is 3.24 Å². The van der Waals surface area contributed by atoms with E-state index in [2.05, 4.69) is 11.8 Å². The molecule has 0 aromatic rings. The minimum atomic E-state index is -0.549. The average Bonchev–Trinajstić information content (AvgIpc) is 2.31. The lowest BCUT2D eigenvalue weighted by atomic mass is 9.77. The minimum absolute atomic E-state index is 0.376. The van der Waals surface area contributed by atoms with Gasteiger partial charge in [0.25, 0.3) is 0 Å². The van der Waals surface area contributed by atoms with Gasteiger partial charge in [-0.25, -0.2) is 4.39 Å². The molecule has 0 aromatic carbocycles. The molecule has 64 valence electrons. The van der Waals surface area contributed by atoms with Crippen molar-refractivity contribution in [3.63, 3.8) is 0 Å². The molecular weight excluding hydrogens is 141 g/mol. The molecule has 0 amide bonds. The number of alkyl halides is 1. The van der Waals surface area contributed by atoms with Gasteiger partial charge >= 0.3 is 0 Å². The van der Waals surface area contributed by atoms with Gasteiger partial charge in [0.2, 0.25) is 0 Å². The fourth-order valence-corrected chi connectivity index (χ4v) is 2.21. The van der Waals surface area contributed by atoms with Crippen LogP contribution in [-0.4, -0.2) is 29.7 Å². The van der Waals surface area contributed by atoms with E-state index in [-0.39, 0.29) is 0 Å². The number of hydrogen-bond donors (Lipinski definition) is 0. The summed E-state index contributed by atoms with van der Waals surface area (Å²) in [6.45, 7) is 3.95. The largest absolute Gasteiger partial charge is 0.295 e. The lowest BCUT2D eigenvalue weighted by Gasteiger charge is -2.46. The third kappa shape index (κ3) is 1.18. The number of halogens is 1. The molecule has 0 aromatic heterocycles. The van der Waals surface area contributed by atoms with E-state index in [1.165, 1.54) is 19.3 Å². The van der Waals surface area contributed by atoms with Crippen LogP contribution in [0.25, 0.3) is 0 Å². The molecule has 1 saturated heterocycles. The van der Waals surface area contributed by atoms with Crippen LogP contribution in [0, 0.1) is 0 Å². The quantitative estimate of drug-likeness (QED) is 0.562. The van der Waals surface area contributed by atoms with Crippen LogP contribution in [0.1, 0.15) is 32.6 Å². The molecule has 1 saturated carbocycles. The van der Waals surface area contributed by atoms with Crippen molar-refractivity contribution in [3.05, 3.63) is 0 Å². The van der Waals surface area contributed by atoms with Gasteiger partial charge in [-0.05, 0) is 32.6 Å². The fourth-order valence-electron chi connectivity index (χ4n) is 2.21. The van der Waals surface area contributed by atoms with Crippen molar-refractivity contribution in [1.82, 2.24) is 4.90 Å². The highest BCUT2D eigenvalue weighted by Gasteiger charge is 2.41. The zero-order valence-electron chi connectivity index (χ0n) is 7.15. The summed E-state index contributed by atoms with van der Waals surface area (Å²) in [7, 11) is 0. The Morgan fingerprint density at radius 1 is 1.45 bits per heavy atom. The van der Waals surface area contributed by atoms with Gasteiger partial charge in [-0.3, -0.25) is 4.90 Å². The van der Waals surface area contributed by atoms with Gasteiger partial charge in [-0.1, -0.05) is 0 Å². The molecule has 1 heterocycles. The molecule has 1 nitrogen and oxygen atoms in total. The number of rotatable bonds is 1. The van der Waals surface area contributed by atoms with E-state index in [1.807, 2.05) is 0 Å². The predicted molar refractivity (Wildman–Crippen MR) is 43.3 cm³/mol. The summed E-state index contributed by atoms with van der Waals surface area (Å²) < 4.78 is 12.8. The first kappa shape index (κ1) is 7.53. The van der Waals surface area contributed by atoms with Gasteiger partial charge in [0.1, 0.15) is 6.17 Å². The van der Waals surface area contributed by atoms with E-state index in [0.717, 1.165) is 13.0 Å². The van der Waals surface area contributed by atoms with Crippen molar-refractivity contribution < 1.29 is 4.39 Å². The lowest BCUT2D eigenvalue weighted by Crippen LogP contribution is -2.50. The summed E-state index contributed by atoms with van der Waals surface area (Å²) in [4.78, 5) is 2.33. The van der Waals surface area contributed by atoms with Crippen LogP contribution < -0.4 is 0 Å². The Balaban J connectivity index is 1.95. The summed E-state index contributed by atoms with van der Waals surface area (Å²) in [5.41, 5.74) is 0.376. The molecule has 1 aliphatic carbocycles. The molecule has 0 bridgehead atoms. The Morgan fingerprint density at radius 2 is 2.18 bits per heavy atom. The molecule has 0 radical (unpaired) electrons. The maximum Gasteiger partial charge on any atom is 0.114 e. The number of nitrogens with zero attached hydrogens (tertiary/aromatic N) is 1. The summed E-state index contributed by atoms with van der Waals surface area (Å²) in [6, 6.07) is 0.